The standard InChI is InChI=1S/C22H35N5O4/c1-3-16(4-2)21(29)26-9-5-8-22(14-26)15-27-19(13-31-22)18(24-25-27)12-23-20(28)17-6-10-30-11-7-17/h16-17H,3-15H2,1-2H3,(H,23,28). The lowest BCUT2D eigenvalue weighted by atomic mass is 9.89. The van der Waals surface area contributed by atoms with Crippen LogP contribution in [0.25, 0.3) is 0 Å². The average molecular weight is 434 g/mol. The summed E-state index contributed by atoms with van der Waals surface area (Å²) in [6, 6.07) is 0. The zero-order chi connectivity index (χ0) is 21.8. The largest absolute Gasteiger partial charge is 0.381 e. The fourth-order valence-corrected chi connectivity index (χ4v) is 5.04. The molecule has 2 saturated heterocycles. The van der Waals surface area contributed by atoms with Crippen molar-refractivity contribution in [1.82, 2.24) is 25.2 Å². The van der Waals surface area contributed by atoms with Crippen LogP contribution in [0.1, 0.15) is 63.8 Å². The van der Waals surface area contributed by atoms with E-state index < -0.39 is 5.60 Å². The summed E-state index contributed by atoms with van der Waals surface area (Å²) in [5.41, 5.74) is 1.28. The number of hydrogen-bond donors (Lipinski definition) is 1. The van der Waals surface area contributed by atoms with E-state index in [9.17, 15) is 9.59 Å². The smallest absolute Gasteiger partial charge is 0.225 e. The van der Waals surface area contributed by atoms with E-state index in [1.807, 2.05) is 9.58 Å². The summed E-state index contributed by atoms with van der Waals surface area (Å²) < 4.78 is 13.6. The molecule has 1 atom stereocenters. The molecule has 0 radical (unpaired) electrons. The third kappa shape index (κ3) is 4.77. The molecule has 2 fully saturated rings. The molecule has 0 aliphatic carbocycles. The molecule has 1 N–H and O–H groups in total. The minimum atomic E-state index is -0.400. The topological polar surface area (TPSA) is 98.6 Å². The van der Waals surface area contributed by atoms with Gasteiger partial charge in [0.1, 0.15) is 11.3 Å². The van der Waals surface area contributed by atoms with E-state index in [1.54, 1.807) is 0 Å². The van der Waals surface area contributed by atoms with Crippen LogP contribution in [0, 0.1) is 11.8 Å². The van der Waals surface area contributed by atoms with Crippen LogP contribution in [0.5, 0.6) is 0 Å². The zero-order valence-electron chi connectivity index (χ0n) is 18.8. The molecule has 0 saturated carbocycles. The van der Waals surface area contributed by atoms with E-state index in [0.29, 0.717) is 39.5 Å². The monoisotopic (exact) mass is 433 g/mol. The van der Waals surface area contributed by atoms with Gasteiger partial charge < -0.3 is 19.7 Å². The molecule has 0 aromatic carbocycles. The van der Waals surface area contributed by atoms with Crippen LogP contribution in [0.3, 0.4) is 0 Å². The van der Waals surface area contributed by atoms with Gasteiger partial charge in [-0.1, -0.05) is 19.1 Å². The molecule has 1 spiro atoms. The van der Waals surface area contributed by atoms with E-state index in [1.165, 1.54) is 0 Å². The Hall–Kier alpha value is -2.00. The van der Waals surface area contributed by atoms with Crippen molar-refractivity contribution in [1.29, 1.82) is 0 Å². The van der Waals surface area contributed by atoms with Crippen LogP contribution in [-0.4, -0.2) is 63.6 Å². The Balaban J connectivity index is 1.37. The van der Waals surface area contributed by atoms with Crippen LogP contribution in [-0.2, 0) is 38.8 Å². The minimum Gasteiger partial charge on any atom is -0.381 e. The van der Waals surface area contributed by atoms with E-state index in [0.717, 1.165) is 56.5 Å². The highest BCUT2D eigenvalue weighted by Crippen LogP contribution is 2.33. The van der Waals surface area contributed by atoms with Gasteiger partial charge in [-0.3, -0.25) is 9.59 Å². The molecule has 3 aliphatic rings. The molecule has 9 nitrogen and oxygen atoms in total. The predicted molar refractivity (Wildman–Crippen MR) is 113 cm³/mol. The summed E-state index contributed by atoms with van der Waals surface area (Å²) in [5, 5.41) is 11.7. The minimum absolute atomic E-state index is 0.0143. The first-order chi connectivity index (χ1) is 15.0. The highest BCUT2D eigenvalue weighted by Gasteiger charge is 2.43. The van der Waals surface area contributed by atoms with E-state index in [-0.39, 0.29) is 23.7 Å². The second-order valence-corrected chi connectivity index (χ2v) is 9.09. The Morgan fingerprint density at radius 1 is 1.23 bits per heavy atom. The number of likely N-dealkylation sites (tertiary alicyclic amines) is 1. The summed E-state index contributed by atoms with van der Waals surface area (Å²) in [4.78, 5) is 27.3. The molecule has 2 amide bonds. The van der Waals surface area contributed by atoms with Gasteiger partial charge in [0.15, 0.2) is 0 Å². The average Bonchev–Trinajstić information content (AvgIpc) is 3.20. The zero-order valence-corrected chi connectivity index (χ0v) is 18.8. The summed E-state index contributed by atoms with van der Waals surface area (Å²) >= 11 is 0. The Labute approximate surface area is 183 Å². The number of piperidine rings is 1. The van der Waals surface area contributed by atoms with Gasteiger partial charge in [0.2, 0.25) is 11.8 Å². The van der Waals surface area contributed by atoms with Gasteiger partial charge in [0, 0.05) is 31.6 Å². The first kappa shape index (κ1) is 22.2. The van der Waals surface area contributed by atoms with Crippen molar-refractivity contribution in [3.8, 4) is 0 Å². The molecular formula is C22H35N5O4. The third-order valence-corrected chi connectivity index (χ3v) is 7.08. The van der Waals surface area contributed by atoms with Gasteiger partial charge in [-0.05, 0) is 38.5 Å². The van der Waals surface area contributed by atoms with Gasteiger partial charge in [-0.25, -0.2) is 4.68 Å². The van der Waals surface area contributed by atoms with Crippen LogP contribution in [0.2, 0.25) is 0 Å². The van der Waals surface area contributed by atoms with Crippen molar-refractivity contribution < 1.29 is 19.1 Å². The summed E-state index contributed by atoms with van der Waals surface area (Å²) in [6.07, 6.45) is 5.12. The number of ether oxygens (including phenoxy) is 2. The number of fused-ring (bicyclic) bond motifs is 1. The molecule has 9 heteroatoms. The number of hydrogen-bond acceptors (Lipinski definition) is 6. The van der Waals surface area contributed by atoms with Crippen molar-refractivity contribution in [2.45, 2.75) is 77.7 Å². The summed E-state index contributed by atoms with van der Waals surface area (Å²) in [5.74, 6) is 0.404. The second kappa shape index (κ2) is 9.65. The number of rotatable bonds is 6. The number of nitrogens with one attached hydrogen (secondary N) is 1. The van der Waals surface area contributed by atoms with Gasteiger partial charge >= 0.3 is 0 Å². The highest BCUT2D eigenvalue weighted by molar-refractivity contribution is 5.79. The SMILES string of the molecule is CCC(CC)C(=O)N1CCCC2(C1)Cn1nnc(CNC(=O)C3CCOCC3)c1CO2. The Morgan fingerprint density at radius 2 is 2.00 bits per heavy atom. The molecule has 4 rings (SSSR count). The maximum atomic E-state index is 12.9. The van der Waals surface area contributed by atoms with Gasteiger partial charge in [-0.2, -0.15) is 0 Å². The van der Waals surface area contributed by atoms with E-state index in [4.69, 9.17) is 9.47 Å². The normalized spacial score (nSPS) is 24.4. The number of carbonyl (C=O) groups is 2. The van der Waals surface area contributed by atoms with Gasteiger partial charge in [0.05, 0.1) is 31.9 Å². The molecule has 1 aromatic heterocycles. The van der Waals surface area contributed by atoms with Crippen molar-refractivity contribution in [2.75, 3.05) is 26.3 Å². The molecule has 1 aromatic rings. The maximum Gasteiger partial charge on any atom is 0.225 e. The van der Waals surface area contributed by atoms with Gasteiger partial charge in [-0.15, -0.1) is 5.10 Å². The van der Waals surface area contributed by atoms with E-state index in [2.05, 4.69) is 29.5 Å². The van der Waals surface area contributed by atoms with Crippen molar-refractivity contribution in [2.24, 2.45) is 11.8 Å². The fraction of sp³-hybridized carbons (Fsp3) is 0.818. The predicted octanol–water partition coefficient (Wildman–Crippen LogP) is 1.65. The van der Waals surface area contributed by atoms with E-state index >= 15 is 0 Å². The Kier molecular flexibility index (Phi) is 6.91. The second-order valence-electron chi connectivity index (χ2n) is 9.09. The van der Waals surface area contributed by atoms with Crippen LogP contribution < -0.4 is 5.32 Å². The van der Waals surface area contributed by atoms with Crippen LogP contribution in [0.15, 0.2) is 0 Å². The van der Waals surface area contributed by atoms with Crippen molar-refractivity contribution in [3.63, 3.8) is 0 Å². The molecular weight excluding hydrogens is 398 g/mol. The van der Waals surface area contributed by atoms with Crippen molar-refractivity contribution in [3.05, 3.63) is 11.4 Å². The quantitative estimate of drug-likeness (QED) is 0.732. The lowest BCUT2D eigenvalue weighted by Gasteiger charge is -2.45. The molecule has 4 heterocycles. The number of carbonyl (C=O) groups excluding carboxylic acids is 2. The number of amides is 2. The molecule has 3 aliphatic heterocycles. The highest BCUT2D eigenvalue weighted by atomic mass is 16.5. The third-order valence-electron chi connectivity index (χ3n) is 7.08. The summed E-state index contributed by atoms with van der Waals surface area (Å²) in [6.45, 7) is 8.21. The lowest BCUT2D eigenvalue weighted by molar-refractivity contribution is -0.156. The Bertz CT molecular complexity index is 787. The fourth-order valence-electron chi connectivity index (χ4n) is 5.04. The molecule has 172 valence electrons. The maximum absolute atomic E-state index is 12.9. The summed E-state index contributed by atoms with van der Waals surface area (Å²) in [7, 11) is 0. The first-order valence-electron chi connectivity index (χ1n) is 11.7. The number of aromatic nitrogens is 3. The Morgan fingerprint density at radius 3 is 2.74 bits per heavy atom. The molecule has 1 unspecified atom stereocenters. The molecule has 31 heavy (non-hydrogen) atoms. The van der Waals surface area contributed by atoms with Crippen LogP contribution >= 0.6 is 0 Å². The first-order valence-corrected chi connectivity index (χ1v) is 11.7. The molecule has 0 bridgehead atoms. The van der Waals surface area contributed by atoms with Crippen molar-refractivity contribution >= 4 is 11.8 Å². The van der Waals surface area contributed by atoms with Gasteiger partial charge in [0.25, 0.3) is 0 Å². The number of nitrogens with zero attached hydrogens (tertiary/aromatic N) is 4. The lowest BCUT2D eigenvalue weighted by Crippen LogP contribution is -2.56. The van der Waals surface area contributed by atoms with Crippen LogP contribution in [0.4, 0.5) is 0 Å².